The Morgan fingerprint density at radius 3 is 2.85 bits per heavy atom. The smallest absolute Gasteiger partial charge is 0.176 e. The van der Waals surface area contributed by atoms with Crippen LogP contribution in [0.1, 0.15) is 40.9 Å². The lowest BCUT2D eigenvalue weighted by molar-refractivity contribution is -0.0959. The molecule has 3 heterocycles. The zero-order chi connectivity index (χ0) is 14.2. The minimum absolute atomic E-state index is 0.00658. The summed E-state index contributed by atoms with van der Waals surface area (Å²) in [6.07, 6.45) is 4.01. The summed E-state index contributed by atoms with van der Waals surface area (Å²) in [7, 11) is 0. The van der Waals surface area contributed by atoms with Gasteiger partial charge in [0, 0.05) is 12.5 Å². The molecule has 0 aliphatic carbocycles. The number of carbonyl (C=O) groups excluding carboxylic acids is 1. The van der Waals surface area contributed by atoms with E-state index in [1.165, 1.54) is 11.5 Å². The van der Waals surface area contributed by atoms with Crippen LogP contribution in [0.15, 0.2) is 9.85 Å². The number of ketones is 1. The summed E-state index contributed by atoms with van der Waals surface area (Å²) in [5.41, 5.74) is 1.15. The topological polar surface area (TPSA) is 26.3 Å². The molecule has 2 fully saturated rings. The summed E-state index contributed by atoms with van der Waals surface area (Å²) in [5, 5.41) is 0. The average Bonchev–Trinajstić information content (AvgIpc) is 2.79. The molecule has 1 unspecified atom stereocenters. The molecule has 1 aromatic heterocycles. The number of Topliss-reactive ketones (excluding diaryl/α,β-unsaturated/α-hetero) is 1. The van der Waals surface area contributed by atoms with E-state index in [0.717, 1.165) is 46.5 Å². The van der Waals surface area contributed by atoms with Crippen LogP contribution in [0.25, 0.3) is 0 Å². The third-order valence-electron chi connectivity index (χ3n) is 4.37. The summed E-state index contributed by atoms with van der Waals surface area (Å²) in [6, 6.07) is 2.02. The summed E-state index contributed by atoms with van der Waals surface area (Å²) in [5.74, 6) is 2.82. The molecule has 2 aliphatic rings. The third kappa shape index (κ3) is 3.01. The summed E-state index contributed by atoms with van der Waals surface area (Å²) >= 11 is 7.10. The SMILES string of the molecule is Cc1cc(C(=O)C2CCOC3(CCSCC3)C2)sc1Br. The van der Waals surface area contributed by atoms with Crippen molar-refractivity contribution in [3.8, 4) is 0 Å². The van der Waals surface area contributed by atoms with Gasteiger partial charge in [-0.05, 0) is 71.7 Å². The van der Waals surface area contributed by atoms with E-state index in [2.05, 4.69) is 15.9 Å². The Morgan fingerprint density at radius 2 is 2.20 bits per heavy atom. The molecule has 5 heteroatoms. The maximum Gasteiger partial charge on any atom is 0.176 e. The highest BCUT2D eigenvalue weighted by Crippen LogP contribution is 2.41. The van der Waals surface area contributed by atoms with E-state index in [-0.39, 0.29) is 11.5 Å². The van der Waals surface area contributed by atoms with Crippen molar-refractivity contribution < 1.29 is 9.53 Å². The Kier molecular flexibility index (Phi) is 4.60. The van der Waals surface area contributed by atoms with Gasteiger partial charge in [0.15, 0.2) is 5.78 Å². The lowest BCUT2D eigenvalue weighted by Crippen LogP contribution is -2.44. The third-order valence-corrected chi connectivity index (χ3v) is 7.50. The largest absolute Gasteiger partial charge is 0.375 e. The van der Waals surface area contributed by atoms with Crippen molar-refractivity contribution in [3.63, 3.8) is 0 Å². The summed E-state index contributed by atoms with van der Waals surface area (Å²) in [6.45, 7) is 2.79. The van der Waals surface area contributed by atoms with E-state index in [0.29, 0.717) is 5.78 Å². The Labute approximate surface area is 136 Å². The number of aryl methyl sites for hydroxylation is 1. The second-order valence-electron chi connectivity index (χ2n) is 5.77. The first-order valence-electron chi connectivity index (χ1n) is 7.11. The number of halogens is 1. The fourth-order valence-corrected chi connectivity index (χ4v) is 5.92. The molecule has 3 rings (SSSR count). The molecule has 0 aromatic carbocycles. The van der Waals surface area contributed by atoms with Crippen LogP contribution in [0.2, 0.25) is 0 Å². The fraction of sp³-hybridized carbons (Fsp3) is 0.667. The van der Waals surface area contributed by atoms with E-state index >= 15 is 0 Å². The molecule has 2 saturated heterocycles. The molecular weight excluding hydrogens is 356 g/mol. The molecule has 0 bridgehead atoms. The van der Waals surface area contributed by atoms with Crippen LogP contribution >= 0.6 is 39.0 Å². The predicted molar refractivity (Wildman–Crippen MR) is 89.1 cm³/mol. The molecule has 0 N–H and O–H groups in total. The number of rotatable bonds is 2. The number of carbonyl (C=O) groups is 1. The Balaban J connectivity index is 1.74. The van der Waals surface area contributed by atoms with Crippen molar-refractivity contribution in [2.24, 2.45) is 5.92 Å². The quantitative estimate of drug-likeness (QED) is 0.702. The Bertz CT molecular complexity index is 481. The van der Waals surface area contributed by atoms with Gasteiger partial charge in [-0.2, -0.15) is 11.8 Å². The van der Waals surface area contributed by atoms with E-state index < -0.39 is 0 Å². The van der Waals surface area contributed by atoms with Gasteiger partial charge in [-0.1, -0.05) is 0 Å². The first-order valence-corrected chi connectivity index (χ1v) is 9.88. The molecule has 0 saturated carbocycles. The highest BCUT2D eigenvalue weighted by atomic mass is 79.9. The second kappa shape index (κ2) is 6.11. The van der Waals surface area contributed by atoms with Gasteiger partial charge in [0.1, 0.15) is 0 Å². The van der Waals surface area contributed by atoms with Crippen molar-refractivity contribution in [2.75, 3.05) is 18.1 Å². The van der Waals surface area contributed by atoms with Crippen LogP contribution in [-0.4, -0.2) is 29.5 Å². The Morgan fingerprint density at radius 1 is 1.45 bits per heavy atom. The van der Waals surface area contributed by atoms with Crippen LogP contribution in [-0.2, 0) is 4.74 Å². The van der Waals surface area contributed by atoms with E-state index in [9.17, 15) is 4.79 Å². The molecule has 0 amide bonds. The normalized spacial score (nSPS) is 25.8. The molecule has 0 radical (unpaired) electrons. The van der Waals surface area contributed by atoms with Gasteiger partial charge in [0.05, 0.1) is 14.3 Å². The van der Waals surface area contributed by atoms with Gasteiger partial charge in [0.2, 0.25) is 0 Å². The molecule has 2 nitrogen and oxygen atoms in total. The minimum Gasteiger partial charge on any atom is -0.375 e. The highest BCUT2D eigenvalue weighted by Gasteiger charge is 2.41. The van der Waals surface area contributed by atoms with Crippen LogP contribution in [0.3, 0.4) is 0 Å². The molecule has 20 heavy (non-hydrogen) atoms. The number of hydrogen-bond acceptors (Lipinski definition) is 4. The van der Waals surface area contributed by atoms with Crippen molar-refractivity contribution in [2.45, 2.75) is 38.2 Å². The number of thiophene rings is 1. The molecule has 1 atom stereocenters. The van der Waals surface area contributed by atoms with Crippen LogP contribution < -0.4 is 0 Å². The van der Waals surface area contributed by atoms with E-state index in [1.807, 2.05) is 24.8 Å². The maximum atomic E-state index is 12.7. The van der Waals surface area contributed by atoms with Gasteiger partial charge in [0.25, 0.3) is 0 Å². The van der Waals surface area contributed by atoms with E-state index in [4.69, 9.17) is 4.74 Å². The van der Waals surface area contributed by atoms with Crippen molar-refractivity contribution in [1.82, 2.24) is 0 Å². The van der Waals surface area contributed by atoms with Gasteiger partial charge in [-0.3, -0.25) is 4.79 Å². The van der Waals surface area contributed by atoms with Gasteiger partial charge >= 0.3 is 0 Å². The number of ether oxygens (including phenoxy) is 1. The number of thioether (sulfide) groups is 1. The van der Waals surface area contributed by atoms with Crippen molar-refractivity contribution >= 4 is 44.8 Å². The lowest BCUT2D eigenvalue weighted by Gasteiger charge is -2.42. The van der Waals surface area contributed by atoms with Gasteiger partial charge in [-0.15, -0.1) is 11.3 Å². The molecule has 1 aromatic rings. The highest BCUT2D eigenvalue weighted by molar-refractivity contribution is 9.11. The molecule has 1 spiro atoms. The minimum atomic E-state index is -0.00658. The number of hydrogen-bond donors (Lipinski definition) is 0. The van der Waals surface area contributed by atoms with Crippen molar-refractivity contribution in [3.05, 3.63) is 20.3 Å². The molecular formula is C15H19BrO2S2. The first-order chi connectivity index (χ1) is 9.60. The monoisotopic (exact) mass is 374 g/mol. The predicted octanol–water partition coefficient (Wildman–Crippen LogP) is 4.69. The van der Waals surface area contributed by atoms with Gasteiger partial charge < -0.3 is 4.74 Å². The van der Waals surface area contributed by atoms with Crippen molar-refractivity contribution in [1.29, 1.82) is 0 Å². The van der Waals surface area contributed by atoms with Gasteiger partial charge in [-0.25, -0.2) is 0 Å². The lowest BCUT2D eigenvalue weighted by atomic mass is 9.80. The summed E-state index contributed by atoms with van der Waals surface area (Å²) in [4.78, 5) is 13.6. The average molecular weight is 375 g/mol. The van der Waals surface area contributed by atoms with Crippen LogP contribution in [0.4, 0.5) is 0 Å². The summed E-state index contributed by atoms with van der Waals surface area (Å²) < 4.78 is 7.16. The zero-order valence-corrected chi connectivity index (χ0v) is 14.8. The van der Waals surface area contributed by atoms with Crippen LogP contribution in [0, 0.1) is 12.8 Å². The standard InChI is InChI=1S/C15H19BrO2S2/c1-10-8-12(20-14(10)16)13(17)11-2-5-18-15(9-11)3-6-19-7-4-15/h8,11H,2-7,9H2,1H3. The Hall–Kier alpha value is 0.160. The molecule has 110 valence electrons. The first kappa shape index (κ1) is 15.1. The second-order valence-corrected chi connectivity index (χ2v) is 9.36. The fourth-order valence-electron chi connectivity index (χ4n) is 3.13. The molecule has 2 aliphatic heterocycles. The van der Waals surface area contributed by atoms with E-state index in [1.54, 1.807) is 11.3 Å². The zero-order valence-electron chi connectivity index (χ0n) is 11.6. The maximum absolute atomic E-state index is 12.7. The van der Waals surface area contributed by atoms with Crippen LogP contribution in [0.5, 0.6) is 0 Å².